The van der Waals surface area contributed by atoms with Crippen LogP contribution < -0.4 is 5.32 Å². The van der Waals surface area contributed by atoms with E-state index in [4.69, 9.17) is 4.74 Å². The first-order chi connectivity index (χ1) is 10.5. The van der Waals surface area contributed by atoms with Gasteiger partial charge in [-0.1, -0.05) is 6.07 Å². The maximum Gasteiger partial charge on any atom is 0.253 e. The van der Waals surface area contributed by atoms with Gasteiger partial charge in [0.15, 0.2) is 0 Å². The predicted octanol–water partition coefficient (Wildman–Crippen LogP) is 2.67. The number of rotatable bonds is 4. The van der Waals surface area contributed by atoms with Crippen LogP contribution >= 0.6 is 0 Å². The third-order valence-corrected chi connectivity index (χ3v) is 3.62. The van der Waals surface area contributed by atoms with Crippen LogP contribution in [0.4, 0.5) is 5.69 Å². The number of hydrogen-bond acceptors (Lipinski definition) is 3. The molecule has 0 aromatic heterocycles. The van der Waals surface area contributed by atoms with Crippen molar-refractivity contribution in [2.45, 2.75) is 45.8 Å². The van der Waals surface area contributed by atoms with Gasteiger partial charge in [-0.15, -0.1) is 0 Å². The van der Waals surface area contributed by atoms with Gasteiger partial charge < -0.3 is 15.0 Å². The fourth-order valence-electron chi connectivity index (χ4n) is 2.70. The fraction of sp³-hybridized carbons (Fsp3) is 0.529. The highest BCUT2D eigenvalue weighted by molar-refractivity contribution is 5.96. The number of hydrogen-bond donors (Lipinski definition) is 1. The molecule has 1 N–H and O–H groups in total. The monoisotopic (exact) mass is 304 g/mol. The number of carbonyl (C=O) groups is 2. The first-order valence-corrected chi connectivity index (χ1v) is 7.78. The summed E-state index contributed by atoms with van der Waals surface area (Å²) in [4.78, 5) is 25.5. The average molecular weight is 304 g/mol. The number of benzene rings is 1. The van der Waals surface area contributed by atoms with Crippen LogP contribution in [-0.4, -0.2) is 42.0 Å². The Morgan fingerprint density at radius 3 is 2.55 bits per heavy atom. The van der Waals surface area contributed by atoms with Crippen molar-refractivity contribution in [1.29, 1.82) is 0 Å². The lowest BCUT2D eigenvalue weighted by atomic mass is 10.1. The molecule has 0 spiro atoms. The molecule has 1 aliphatic rings. The normalized spacial score (nSPS) is 15.9. The molecule has 1 aromatic carbocycles. The first-order valence-electron chi connectivity index (χ1n) is 7.78. The zero-order valence-corrected chi connectivity index (χ0v) is 13.5. The molecule has 0 radical (unpaired) electrons. The number of anilines is 1. The van der Waals surface area contributed by atoms with Gasteiger partial charge in [-0.2, -0.15) is 0 Å². The summed E-state index contributed by atoms with van der Waals surface area (Å²) in [5.41, 5.74) is 1.26. The van der Waals surface area contributed by atoms with E-state index in [1.807, 2.05) is 18.7 Å². The van der Waals surface area contributed by atoms with E-state index in [9.17, 15) is 9.59 Å². The lowest BCUT2D eigenvalue weighted by molar-refractivity contribution is -0.114. The van der Waals surface area contributed by atoms with Crippen LogP contribution in [0.1, 0.15) is 44.0 Å². The highest BCUT2D eigenvalue weighted by atomic mass is 16.5. The molecule has 0 saturated carbocycles. The predicted molar refractivity (Wildman–Crippen MR) is 85.9 cm³/mol. The molecule has 1 heterocycles. The standard InChI is InChI=1S/C17H24N2O3/c1-12(2)22-16-7-9-19(10-8-16)17(21)14-5-4-6-15(11-14)18-13(3)20/h4-6,11-12,16H,7-10H2,1-3H3,(H,18,20). The molecule has 22 heavy (non-hydrogen) atoms. The van der Waals surface area contributed by atoms with E-state index in [1.54, 1.807) is 24.3 Å². The molecule has 0 unspecified atom stereocenters. The molecular weight excluding hydrogens is 280 g/mol. The summed E-state index contributed by atoms with van der Waals surface area (Å²) in [6, 6.07) is 7.07. The summed E-state index contributed by atoms with van der Waals surface area (Å²) in [6.07, 6.45) is 2.21. The third-order valence-electron chi connectivity index (χ3n) is 3.62. The average Bonchev–Trinajstić information content (AvgIpc) is 2.46. The maximum atomic E-state index is 12.5. The van der Waals surface area contributed by atoms with Gasteiger partial charge in [-0.25, -0.2) is 0 Å². The summed E-state index contributed by atoms with van der Waals surface area (Å²) in [5, 5.41) is 2.70. The summed E-state index contributed by atoms with van der Waals surface area (Å²) < 4.78 is 5.80. The van der Waals surface area contributed by atoms with E-state index < -0.39 is 0 Å². The van der Waals surface area contributed by atoms with Gasteiger partial charge in [-0.3, -0.25) is 9.59 Å². The van der Waals surface area contributed by atoms with Crippen molar-refractivity contribution in [3.63, 3.8) is 0 Å². The third kappa shape index (κ3) is 4.56. The minimum absolute atomic E-state index is 0.00944. The molecule has 1 saturated heterocycles. The number of amides is 2. The number of nitrogens with zero attached hydrogens (tertiary/aromatic N) is 1. The van der Waals surface area contributed by atoms with Crippen LogP contribution in [0, 0.1) is 0 Å². The second-order valence-corrected chi connectivity index (χ2v) is 5.94. The molecule has 5 nitrogen and oxygen atoms in total. The SMILES string of the molecule is CC(=O)Nc1cccc(C(=O)N2CCC(OC(C)C)CC2)c1. The Kier molecular flexibility index (Phi) is 5.55. The number of nitrogens with one attached hydrogen (secondary N) is 1. The molecule has 1 fully saturated rings. The molecule has 120 valence electrons. The van der Waals surface area contributed by atoms with Gasteiger partial charge in [0, 0.05) is 31.3 Å². The van der Waals surface area contributed by atoms with Crippen LogP contribution in [0.25, 0.3) is 0 Å². The summed E-state index contributed by atoms with van der Waals surface area (Å²) in [6.45, 7) is 6.94. The van der Waals surface area contributed by atoms with Crippen molar-refractivity contribution in [3.8, 4) is 0 Å². The van der Waals surface area contributed by atoms with Gasteiger partial charge >= 0.3 is 0 Å². The molecule has 0 bridgehead atoms. The Balaban J connectivity index is 1.96. The zero-order valence-electron chi connectivity index (χ0n) is 13.5. The van der Waals surface area contributed by atoms with Gasteiger partial charge in [-0.05, 0) is 44.9 Å². The molecule has 2 amide bonds. The van der Waals surface area contributed by atoms with Gasteiger partial charge in [0.1, 0.15) is 0 Å². The van der Waals surface area contributed by atoms with E-state index in [1.165, 1.54) is 6.92 Å². The van der Waals surface area contributed by atoms with Gasteiger partial charge in [0.25, 0.3) is 5.91 Å². The largest absolute Gasteiger partial charge is 0.375 e. The Labute approximate surface area is 131 Å². The van der Waals surface area contributed by atoms with Crippen molar-refractivity contribution in [1.82, 2.24) is 4.90 Å². The van der Waals surface area contributed by atoms with E-state index >= 15 is 0 Å². The van der Waals surface area contributed by atoms with Crippen molar-refractivity contribution >= 4 is 17.5 Å². The topological polar surface area (TPSA) is 58.6 Å². The lowest BCUT2D eigenvalue weighted by Crippen LogP contribution is -2.41. The second-order valence-electron chi connectivity index (χ2n) is 5.94. The first kappa shape index (κ1) is 16.5. The number of ether oxygens (including phenoxy) is 1. The zero-order chi connectivity index (χ0) is 16.1. The highest BCUT2D eigenvalue weighted by Crippen LogP contribution is 2.19. The quantitative estimate of drug-likeness (QED) is 0.930. The number of piperidine rings is 1. The van der Waals surface area contributed by atoms with Gasteiger partial charge in [0.2, 0.25) is 5.91 Å². The molecule has 0 atom stereocenters. The minimum atomic E-state index is -0.142. The highest BCUT2D eigenvalue weighted by Gasteiger charge is 2.24. The Bertz CT molecular complexity index is 534. The Hall–Kier alpha value is -1.88. The Morgan fingerprint density at radius 2 is 1.95 bits per heavy atom. The van der Waals surface area contributed by atoms with Gasteiger partial charge in [0.05, 0.1) is 12.2 Å². The number of carbonyl (C=O) groups excluding carboxylic acids is 2. The summed E-state index contributed by atoms with van der Waals surface area (Å²) in [7, 11) is 0. The van der Waals surface area contributed by atoms with Crippen LogP contribution in [-0.2, 0) is 9.53 Å². The van der Waals surface area contributed by atoms with E-state index in [0.717, 1.165) is 12.8 Å². The second kappa shape index (κ2) is 7.40. The minimum Gasteiger partial charge on any atom is -0.375 e. The summed E-state index contributed by atoms with van der Waals surface area (Å²) in [5.74, 6) is -0.133. The Morgan fingerprint density at radius 1 is 1.27 bits per heavy atom. The van der Waals surface area contributed by atoms with E-state index in [2.05, 4.69) is 5.32 Å². The van der Waals surface area contributed by atoms with Crippen LogP contribution in [0.15, 0.2) is 24.3 Å². The number of likely N-dealkylation sites (tertiary alicyclic amines) is 1. The molecule has 0 aliphatic carbocycles. The molecule has 5 heteroatoms. The lowest BCUT2D eigenvalue weighted by Gasteiger charge is -2.33. The van der Waals surface area contributed by atoms with Crippen molar-refractivity contribution in [3.05, 3.63) is 29.8 Å². The van der Waals surface area contributed by atoms with Crippen molar-refractivity contribution in [2.75, 3.05) is 18.4 Å². The van der Waals surface area contributed by atoms with Crippen LogP contribution in [0.5, 0.6) is 0 Å². The van der Waals surface area contributed by atoms with E-state index in [0.29, 0.717) is 24.3 Å². The maximum absolute atomic E-state index is 12.5. The molecular formula is C17H24N2O3. The van der Waals surface area contributed by atoms with Crippen LogP contribution in [0.2, 0.25) is 0 Å². The molecule has 1 aromatic rings. The van der Waals surface area contributed by atoms with Crippen molar-refractivity contribution < 1.29 is 14.3 Å². The van der Waals surface area contributed by atoms with Crippen LogP contribution in [0.3, 0.4) is 0 Å². The smallest absolute Gasteiger partial charge is 0.253 e. The van der Waals surface area contributed by atoms with E-state index in [-0.39, 0.29) is 24.0 Å². The van der Waals surface area contributed by atoms with Crippen molar-refractivity contribution in [2.24, 2.45) is 0 Å². The molecule has 1 aliphatic heterocycles. The fourth-order valence-corrected chi connectivity index (χ4v) is 2.70. The summed E-state index contributed by atoms with van der Waals surface area (Å²) >= 11 is 0. The molecule has 2 rings (SSSR count).